The lowest BCUT2D eigenvalue weighted by Gasteiger charge is -2.50. The highest BCUT2D eigenvalue weighted by Crippen LogP contribution is 2.65. The quantitative estimate of drug-likeness (QED) is 0.187. The van der Waals surface area contributed by atoms with Crippen molar-refractivity contribution in [2.75, 3.05) is 19.1 Å². The van der Waals surface area contributed by atoms with Gasteiger partial charge in [-0.1, -0.05) is 62.9 Å². The number of phenols is 1. The third kappa shape index (κ3) is 5.18. The number of nitrogens with one attached hydrogen (secondary N) is 1. The molecule has 3 fully saturated rings. The fourth-order valence-corrected chi connectivity index (χ4v) is 9.27. The molecule has 50 heavy (non-hydrogen) atoms. The maximum absolute atomic E-state index is 15.2. The molecular formula is C36H30BrCl2N3O8. The predicted octanol–water partition coefficient (Wildman–Crippen LogP) is 5.93. The number of fused-ring (bicyclic) bond motifs is 4. The van der Waals surface area contributed by atoms with E-state index < -0.39 is 71.0 Å². The van der Waals surface area contributed by atoms with Gasteiger partial charge < -0.3 is 14.9 Å². The molecule has 11 nitrogen and oxygen atoms in total. The van der Waals surface area contributed by atoms with Gasteiger partial charge in [0.25, 0.3) is 11.8 Å². The van der Waals surface area contributed by atoms with Crippen LogP contribution in [0.25, 0.3) is 0 Å². The molecule has 1 saturated carbocycles. The van der Waals surface area contributed by atoms with E-state index in [0.29, 0.717) is 31.9 Å². The van der Waals surface area contributed by atoms with Gasteiger partial charge in [0.2, 0.25) is 11.8 Å². The molecule has 0 bridgehead atoms. The molecule has 2 aliphatic heterocycles. The molecule has 3 aromatic carbocycles. The van der Waals surface area contributed by atoms with Crippen LogP contribution in [-0.4, -0.2) is 63.4 Å². The summed E-state index contributed by atoms with van der Waals surface area (Å²) in [6.45, 7) is -0.270. The Morgan fingerprint density at radius 2 is 1.74 bits per heavy atom. The predicted molar refractivity (Wildman–Crippen MR) is 185 cm³/mol. The molecule has 0 aromatic heterocycles. The number of carbonyl (C=O) groups is 5. The zero-order valence-electron chi connectivity index (χ0n) is 26.4. The van der Waals surface area contributed by atoms with Gasteiger partial charge in [0.05, 0.1) is 47.4 Å². The Bertz CT molecular complexity index is 2010. The van der Waals surface area contributed by atoms with E-state index in [1.54, 1.807) is 48.5 Å². The van der Waals surface area contributed by atoms with Crippen LogP contribution in [0.5, 0.6) is 11.5 Å². The van der Waals surface area contributed by atoms with Crippen LogP contribution in [0.3, 0.4) is 0 Å². The number of methoxy groups -OCH3 is 1. The van der Waals surface area contributed by atoms with Gasteiger partial charge in [-0.25, -0.2) is 0 Å². The number of halogens is 3. The number of aromatic hydroxyl groups is 1. The van der Waals surface area contributed by atoms with Gasteiger partial charge in [0, 0.05) is 27.5 Å². The highest BCUT2D eigenvalue weighted by Gasteiger charge is 2.70. The summed E-state index contributed by atoms with van der Waals surface area (Å²) in [4.78, 5) is 70.0. The van der Waals surface area contributed by atoms with Crippen molar-refractivity contribution in [1.82, 2.24) is 9.91 Å². The number of allylic oxidation sites excluding steroid dienone is 2. The Labute approximate surface area is 304 Å². The fraction of sp³-hybridized carbons (Fsp3) is 0.306. The molecule has 0 spiro atoms. The molecule has 2 aliphatic carbocycles. The summed E-state index contributed by atoms with van der Waals surface area (Å²) in [5, 5.41) is 22.3. The molecule has 0 radical (unpaired) electrons. The number of anilines is 1. The number of aliphatic carboxylic acids is 1. The Morgan fingerprint density at radius 1 is 1.00 bits per heavy atom. The van der Waals surface area contributed by atoms with E-state index in [4.69, 9.17) is 27.9 Å². The standard InChI is InChI=1S/C36H30BrCl2N3O8/c1-50-20-6-2-17(3-7-20)36-25(33(47)42(35(36)49)40-27-10-5-19(38)15-26(27)39)16-23-21(31(36)24-14-18(37)4-11-28(24)43)8-9-22-30(23)34(48)41(32(22)46)13-12-29(44)45/h2-8,10-11,14-15,22-23,25,30-31,40,43H,9,12-13,16H2,1H3,(H,44,45). The monoisotopic (exact) mass is 781 g/mol. The van der Waals surface area contributed by atoms with E-state index in [1.807, 2.05) is 6.08 Å². The van der Waals surface area contributed by atoms with Gasteiger partial charge in [0.1, 0.15) is 11.5 Å². The van der Waals surface area contributed by atoms with Crippen LogP contribution in [-0.2, 0) is 29.4 Å². The minimum atomic E-state index is -1.64. The first-order valence-electron chi connectivity index (χ1n) is 15.9. The van der Waals surface area contributed by atoms with Crippen molar-refractivity contribution in [3.8, 4) is 11.5 Å². The molecular weight excluding hydrogens is 753 g/mol. The van der Waals surface area contributed by atoms with E-state index in [2.05, 4.69) is 21.4 Å². The Balaban J connectivity index is 1.45. The second kappa shape index (κ2) is 12.7. The first-order valence-corrected chi connectivity index (χ1v) is 17.4. The molecule has 4 aliphatic rings. The molecule has 3 N–H and O–H groups in total. The Hall–Kier alpha value is -4.39. The van der Waals surface area contributed by atoms with E-state index >= 15 is 4.79 Å². The number of carboxylic acids is 1. The van der Waals surface area contributed by atoms with E-state index in [1.165, 1.54) is 19.2 Å². The largest absolute Gasteiger partial charge is 0.508 e. The minimum Gasteiger partial charge on any atom is -0.508 e. The second-order valence-corrected chi connectivity index (χ2v) is 14.6. The van der Waals surface area contributed by atoms with Crippen molar-refractivity contribution in [3.63, 3.8) is 0 Å². The fourth-order valence-electron chi connectivity index (χ4n) is 8.44. The lowest BCUT2D eigenvalue weighted by molar-refractivity contribution is -0.143. The van der Waals surface area contributed by atoms with Crippen molar-refractivity contribution in [2.45, 2.75) is 30.6 Å². The number of ether oxygens (including phenoxy) is 1. The van der Waals surface area contributed by atoms with Crippen molar-refractivity contribution in [1.29, 1.82) is 0 Å². The van der Waals surface area contributed by atoms with Crippen LogP contribution in [0.1, 0.15) is 36.3 Å². The summed E-state index contributed by atoms with van der Waals surface area (Å²) >= 11 is 16.1. The van der Waals surface area contributed by atoms with Crippen LogP contribution >= 0.6 is 39.1 Å². The summed E-state index contributed by atoms with van der Waals surface area (Å²) in [5.41, 5.74) is 3.01. The topological polar surface area (TPSA) is 154 Å². The Kier molecular flexibility index (Phi) is 8.68. The first kappa shape index (κ1) is 34.1. The molecule has 2 heterocycles. The number of likely N-dealkylation sites (tertiary alicyclic amines) is 1. The number of hydrogen-bond donors (Lipinski definition) is 3. The third-order valence-electron chi connectivity index (χ3n) is 10.5. The van der Waals surface area contributed by atoms with Gasteiger partial charge in [-0.15, -0.1) is 0 Å². The summed E-state index contributed by atoms with van der Waals surface area (Å²) < 4.78 is 6.02. The van der Waals surface area contributed by atoms with Crippen LogP contribution < -0.4 is 10.2 Å². The molecule has 258 valence electrons. The van der Waals surface area contributed by atoms with E-state index in [-0.39, 0.29) is 35.8 Å². The van der Waals surface area contributed by atoms with Gasteiger partial charge in [-0.05, 0) is 72.9 Å². The van der Waals surface area contributed by atoms with Gasteiger partial charge in [0.15, 0.2) is 0 Å². The molecule has 2 saturated heterocycles. The highest BCUT2D eigenvalue weighted by atomic mass is 79.9. The number of phenolic OH excluding ortho intramolecular Hbond substituents is 1. The smallest absolute Gasteiger partial charge is 0.305 e. The van der Waals surface area contributed by atoms with Crippen LogP contribution in [0.15, 0.2) is 76.8 Å². The zero-order chi connectivity index (χ0) is 35.6. The maximum atomic E-state index is 15.2. The number of hydrazine groups is 1. The van der Waals surface area contributed by atoms with Crippen molar-refractivity contribution in [2.24, 2.45) is 23.7 Å². The number of benzene rings is 3. The van der Waals surface area contributed by atoms with Gasteiger partial charge in [-0.3, -0.25) is 34.3 Å². The number of carboxylic acid groups (broad SMARTS) is 1. The molecule has 4 amide bonds. The Morgan fingerprint density at radius 3 is 2.42 bits per heavy atom. The van der Waals surface area contributed by atoms with Crippen molar-refractivity contribution < 1.29 is 38.9 Å². The average molecular weight is 783 g/mol. The van der Waals surface area contributed by atoms with E-state index in [9.17, 15) is 29.4 Å². The molecule has 6 unspecified atom stereocenters. The third-order valence-corrected chi connectivity index (χ3v) is 11.6. The van der Waals surface area contributed by atoms with Gasteiger partial charge >= 0.3 is 5.97 Å². The normalized spacial score (nSPS) is 27.1. The number of rotatable bonds is 8. The maximum Gasteiger partial charge on any atom is 0.305 e. The number of imide groups is 2. The van der Waals surface area contributed by atoms with Crippen LogP contribution in [0, 0.1) is 23.7 Å². The number of nitrogens with zero attached hydrogens (tertiary/aromatic N) is 2. The molecule has 7 rings (SSSR count). The van der Waals surface area contributed by atoms with Crippen molar-refractivity contribution >= 4 is 74.4 Å². The molecule has 3 aromatic rings. The van der Waals surface area contributed by atoms with E-state index in [0.717, 1.165) is 9.91 Å². The molecule has 14 heteroatoms. The van der Waals surface area contributed by atoms with Crippen LogP contribution in [0.2, 0.25) is 10.0 Å². The summed E-state index contributed by atoms with van der Waals surface area (Å²) in [6, 6.07) is 16.3. The summed E-state index contributed by atoms with van der Waals surface area (Å²) in [7, 11) is 1.51. The molecule has 6 atom stereocenters. The summed E-state index contributed by atoms with van der Waals surface area (Å²) in [5.74, 6) is -7.30. The van der Waals surface area contributed by atoms with Gasteiger partial charge in [-0.2, -0.15) is 5.01 Å². The second-order valence-electron chi connectivity index (χ2n) is 12.9. The highest BCUT2D eigenvalue weighted by molar-refractivity contribution is 9.10. The zero-order valence-corrected chi connectivity index (χ0v) is 29.5. The number of hydrogen-bond acceptors (Lipinski definition) is 8. The number of amides is 4. The minimum absolute atomic E-state index is 0.0210. The lowest BCUT2D eigenvalue weighted by atomic mass is 9.49. The lowest BCUT2D eigenvalue weighted by Crippen LogP contribution is -2.53. The van der Waals surface area contributed by atoms with Crippen LogP contribution in [0.4, 0.5) is 5.69 Å². The average Bonchev–Trinajstić information content (AvgIpc) is 3.46. The SMILES string of the molecule is COc1ccc(C23C(=O)N(Nc4ccc(Cl)cc4Cl)C(=O)C2CC2C(=CCC4C(=O)N(CCC(=O)O)C(=O)C42)C3c2cc(Br)ccc2O)cc1. The first-order chi connectivity index (χ1) is 23.9. The number of carbonyl (C=O) groups excluding carboxylic acids is 4. The summed E-state index contributed by atoms with van der Waals surface area (Å²) in [6.07, 6.45) is 1.63. The van der Waals surface area contributed by atoms with Crippen molar-refractivity contribution in [3.05, 3.63) is 98.0 Å².